The van der Waals surface area contributed by atoms with Crippen LogP contribution >= 0.6 is 0 Å². The lowest BCUT2D eigenvalue weighted by molar-refractivity contribution is 0.560. The van der Waals surface area contributed by atoms with E-state index in [0.29, 0.717) is 5.82 Å². The van der Waals surface area contributed by atoms with Crippen LogP contribution in [0, 0.1) is 0 Å². The number of H-pyrrole nitrogens is 1. The van der Waals surface area contributed by atoms with Gasteiger partial charge in [-0.2, -0.15) is 5.10 Å². The van der Waals surface area contributed by atoms with Crippen LogP contribution in [0.5, 0.6) is 0 Å². The third kappa shape index (κ3) is 2.91. The van der Waals surface area contributed by atoms with Gasteiger partial charge in [-0.3, -0.25) is 5.10 Å². The molecule has 8 heteroatoms. The Bertz CT molecular complexity index is 727. The second kappa shape index (κ2) is 5.45. The van der Waals surface area contributed by atoms with E-state index in [9.17, 15) is 8.42 Å². The van der Waals surface area contributed by atoms with E-state index in [1.807, 2.05) is 6.07 Å². The minimum atomic E-state index is -3.60. The van der Waals surface area contributed by atoms with Gasteiger partial charge in [-0.15, -0.1) is 0 Å². The first-order valence-electron chi connectivity index (χ1n) is 6.81. The maximum Gasteiger partial charge on any atom is 0.241 e. The molecule has 2 heterocycles. The zero-order valence-electron chi connectivity index (χ0n) is 11.6. The Labute approximate surface area is 123 Å². The van der Waals surface area contributed by atoms with E-state index in [-0.39, 0.29) is 4.90 Å². The molecular weight excluding hydrogens is 290 g/mol. The Morgan fingerprint density at radius 2 is 2.24 bits per heavy atom. The molecule has 0 bridgehead atoms. The van der Waals surface area contributed by atoms with Crippen LogP contribution in [0.3, 0.4) is 0 Å². The van der Waals surface area contributed by atoms with Gasteiger partial charge >= 0.3 is 0 Å². The molecule has 112 valence electrons. The van der Waals surface area contributed by atoms with Crippen molar-refractivity contribution in [2.75, 3.05) is 11.9 Å². The third-order valence-corrected chi connectivity index (χ3v) is 5.04. The van der Waals surface area contributed by atoms with Crippen LogP contribution in [0.15, 0.2) is 29.4 Å². The zero-order valence-corrected chi connectivity index (χ0v) is 12.4. The number of aromatic nitrogens is 3. The number of fused-ring (bicyclic) bond motifs is 1. The first kappa shape index (κ1) is 14.0. The SMILES string of the molecule is CC(NS(=O)(=O)c1ccc2c(c1)NCCC2)c1ncn[nH]1. The van der Waals surface area contributed by atoms with Crippen molar-refractivity contribution < 1.29 is 8.42 Å². The van der Waals surface area contributed by atoms with E-state index in [1.54, 1.807) is 19.1 Å². The smallest absolute Gasteiger partial charge is 0.241 e. The Balaban J connectivity index is 1.84. The largest absolute Gasteiger partial charge is 0.385 e. The van der Waals surface area contributed by atoms with Crippen LogP contribution < -0.4 is 10.0 Å². The quantitative estimate of drug-likeness (QED) is 0.788. The zero-order chi connectivity index (χ0) is 14.9. The van der Waals surface area contributed by atoms with Crippen LogP contribution in [0.4, 0.5) is 5.69 Å². The van der Waals surface area contributed by atoms with Gasteiger partial charge in [-0.05, 0) is 37.5 Å². The highest BCUT2D eigenvalue weighted by Crippen LogP contribution is 2.25. The summed E-state index contributed by atoms with van der Waals surface area (Å²) in [5.74, 6) is 0.481. The number of aromatic amines is 1. The molecule has 1 unspecified atom stereocenters. The lowest BCUT2D eigenvalue weighted by Crippen LogP contribution is -2.28. The first-order valence-corrected chi connectivity index (χ1v) is 8.29. The van der Waals surface area contributed by atoms with E-state index in [1.165, 1.54) is 6.33 Å². The highest BCUT2D eigenvalue weighted by atomic mass is 32.2. The van der Waals surface area contributed by atoms with E-state index in [0.717, 1.165) is 30.6 Å². The van der Waals surface area contributed by atoms with Crippen LogP contribution in [0.1, 0.15) is 30.8 Å². The highest BCUT2D eigenvalue weighted by Gasteiger charge is 2.21. The summed E-state index contributed by atoms with van der Waals surface area (Å²) in [6.45, 7) is 2.59. The van der Waals surface area contributed by atoms with Gasteiger partial charge in [0.1, 0.15) is 12.2 Å². The van der Waals surface area contributed by atoms with E-state index in [4.69, 9.17) is 0 Å². The number of hydrogen-bond donors (Lipinski definition) is 3. The number of hydrogen-bond acceptors (Lipinski definition) is 5. The molecule has 7 nitrogen and oxygen atoms in total. The summed E-state index contributed by atoms with van der Waals surface area (Å²) in [7, 11) is -3.60. The normalized spacial score (nSPS) is 16.0. The molecule has 0 fully saturated rings. The van der Waals surface area contributed by atoms with E-state index >= 15 is 0 Å². The molecule has 0 saturated heterocycles. The number of aryl methyl sites for hydroxylation is 1. The van der Waals surface area contributed by atoms with Crippen LogP contribution in [-0.4, -0.2) is 30.1 Å². The molecule has 1 atom stereocenters. The van der Waals surface area contributed by atoms with Crippen molar-refractivity contribution in [3.63, 3.8) is 0 Å². The molecule has 1 aromatic heterocycles. The van der Waals surface area contributed by atoms with Crippen LogP contribution in [0.25, 0.3) is 0 Å². The maximum absolute atomic E-state index is 12.4. The first-order chi connectivity index (χ1) is 10.1. The molecule has 1 aliphatic heterocycles. The third-order valence-electron chi connectivity index (χ3n) is 3.51. The fourth-order valence-electron chi connectivity index (χ4n) is 2.39. The van der Waals surface area contributed by atoms with Gasteiger partial charge < -0.3 is 5.32 Å². The fraction of sp³-hybridized carbons (Fsp3) is 0.385. The van der Waals surface area contributed by atoms with Crippen molar-refractivity contribution in [1.29, 1.82) is 0 Å². The lowest BCUT2D eigenvalue weighted by atomic mass is 10.0. The minimum Gasteiger partial charge on any atom is -0.385 e. The molecule has 2 aromatic rings. The molecule has 0 spiro atoms. The highest BCUT2D eigenvalue weighted by molar-refractivity contribution is 7.89. The standard InChI is InChI=1S/C13H17N5O2S/c1-9(13-15-8-16-17-13)18-21(19,20)11-5-4-10-3-2-6-14-12(10)7-11/h4-5,7-9,14,18H,2-3,6H2,1H3,(H,15,16,17). The Kier molecular flexibility index (Phi) is 3.64. The predicted molar refractivity (Wildman–Crippen MR) is 78.4 cm³/mol. The summed E-state index contributed by atoms with van der Waals surface area (Å²) in [5.41, 5.74) is 2.06. The van der Waals surface area contributed by atoms with E-state index < -0.39 is 16.1 Å². The fourth-order valence-corrected chi connectivity index (χ4v) is 3.62. The summed E-state index contributed by atoms with van der Waals surface area (Å²) in [5, 5.41) is 9.62. The van der Waals surface area contributed by atoms with Crippen LogP contribution in [-0.2, 0) is 16.4 Å². The number of benzene rings is 1. The van der Waals surface area contributed by atoms with Crippen molar-refractivity contribution in [2.24, 2.45) is 0 Å². The Morgan fingerprint density at radius 3 is 3.00 bits per heavy atom. The second-order valence-electron chi connectivity index (χ2n) is 5.06. The van der Waals surface area contributed by atoms with Gasteiger partial charge in [0.15, 0.2) is 0 Å². The average Bonchev–Trinajstić information content (AvgIpc) is 3.00. The molecule has 1 aliphatic rings. The maximum atomic E-state index is 12.4. The summed E-state index contributed by atoms with van der Waals surface area (Å²) < 4.78 is 27.4. The molecule has 3 rings (SSSR count). The van der Waals surface area contributed by atoms with Crippen molar-refractivity contribution in [3.05, 3.63) is 35.9 Å². The van der Waals surface area contributed by atoms with Crippen molar-refractivity contribution in [1.82, 2.24) is 19.9 Å². The topological polar surface area (TPSA) is 99.8 Å². The Hall–Kier alpha value is -1.93. The van der Waals surface area contributed by atoms with Crippen molar-refractivity contribution >= 4 is 15.7 Å². The lowest BCUT2D eigenvalue weighted by Gasteiger charge is -2.19. The van der Waals surface area contributed by atoms with Crippen molar-refractivity contribution in [3.8, 4) is 0 Å². The number of sulfonamides is 1. The monoisotopic (exact) mass is 307 g/mol. The van der Waals surface area contributed by atoms with Gasteiger partial charge in [-0.25, -0.2) is 18.1 Å². The van der Waals surface area contributed by atoms with Gasteiger partial charge in [-0.1, -0.05) is 6.07 Å². The minimum absolute atomic E-state index is 0.252. The Morgan fingerprint density at radius 1 is 1.38 bits per heavy atom. The number of anilines is 1. The summed E-state index contributed by atoms with van der Waals surface area (Å²) >= 11 is 0. The summed E-state index contributed by atoms with van der Waals surface area (Å²) in [6.07, 6.45) is 3.40. The molecule has 3 N–H and O–H groups in total. The summed E-state index contributed by atoms with van der Waals surface area (Å²) in [6, 6.07) is 4.72. The van der Waals surface area contributed by atoms with E-state index in [2.05, 4.69) is 25.2 Å². The molecule has 21 heavy (non-hydrogen) atoms. The second-order valence-corrected chi connectivity index (χ2v) is 6.78. The summed E-state index contributed by atoms with van der Waals surface area (Å²) in [4.78, 5) is 4.21. The van der Waals surface area contributed by atoms with Crippen LogP contribution in [0.2, 0.25) is 0 Å². The number of nitrogens with zero attached hydrogens (tertiary/aromatic N) is 2. The molecule has 0 amide bonds. The molecule has 0 aliphatic carbocycles. The number of rotatable bonds is 4. The molecular formula is C13H17N5O2S. The number of nitrogens with one attached hydrogen (secondary N) is 3. The van der Waals surface area contributed by atoms with Gasteiger partial charge in [0.2, 0.25) is 10.0 Å². The van der Waals surface area contributed by atoms with Gasteiger partial charge in [0, 0.05) is 12.2 Å². The van der Waals surface area contributed by atoms with Crippen molar-refractivity contribution in [2.45, 2.75) is 30.7 Å². The molecule has 0 saturated carbocycles. The van der Waals surface area contributed by atoms with Gasteiger partial charge in [0.25, 0.3) is 0 Å². The predicted octanol–water partition coefficient (Wildman–Crippen LogP) is 1.20. The van der Waals surface area contributed by atoms with Gasteiger partial charge in [0.05, 0.1) is 10.9 Å². The molecule has 0 radical (unpaired) electrons. The average molecular weight is 307 g/mol. The molecule has 1 aromatic carbocycles.